The predicted molar refractivity (Wildman–Crippen MR) is 94.1 cm³/mol. The third-order valence-corrected chi connectivity index (χ3v) is 5.65. The number of rotatable bonds is 4. The summed E-state index contributed by atoms with van der Waals surface area (Å²) in [7, 11) is -3.94. The summed E-state index contributed by atoms with van der Waals surface area (Å²) in [5.41, 5.74) is -0.127. The molecule has 3 nitrogen and oxygen atoms in total. The van der Waals surface area contributed by atoms with Gasteiger partial charge < -0.3 is 0 Å². The van der Waals surface area contributed by atoms with Crippen molar-refractivity contribution in [2.75, 3.05) is 0 Å². The number of nitrogens with one attached hydrogen (secondary N) is 1. The van der Waals surface area contributed by atoms with Gasteiger partial charge in [0.15, 0.2) is 0 Å². The number of alkyl halides is 3. The maximum absolute atomic E-state index is 12.6. The van der Waals surface area contributed by atoms with Crippen LogP contribution >= 0.6 is 0 Å². The molecule has 3 rings (SSSR count). The van der Waals surface area contributed by atoms with Crippen LogP contribution in [-0.4, -0.2) is 8.42 Å². The van der Waals surface area contributed by atoms with Crippen LogP contribution in [0.3, 0.4) is 0 Å². The van der Waals surface area contributed by atoms with E-state index < -0.39 is 27.8 Å². The molecule has 0 aromatic heterocycles. The second-order valence-corrected chi connectivity index (χ2v) is 7.69. The van der Waals surface area contributed by atoms with Crippen LogP contribution < -0.4 is 4.72 Å². The number of halogens is 3. The summed E-state index contributed by atoms with van der Waals surface area (Å²) >= 11 is 0. The average Bonchev–Trinajstić information content (AvgIpc) is 2.60. The van der Waals surface area contributed by atoms with Gasteiger partial charge in [0.05, 0.1) is 10.5 Å². The van der Waals surface area contributed by atoms with Gasteiger partial charge in [0.1, 0.15) is 0 Å². The molecular weight excluding hydrogens is 363 g/mol. The SMILES string of the molecule is CC(NS(=O)(=O)c1ccc(C(F)(F)F)cc1)c1ccc2ccccc2c1. The molecular formula is C19H16F3NO2S. The lowest BCUT2D eigenvalue weighted by molar-refractivity contribution is -0.137. The molecule has 26 heavy (non-hydrogen) atoms. The summed E-state index contributed by atoms with van der Waals surface area (Å²) in [6, 6.07) is 16.2. The van der Waals surface area contributed by atoms with E-state index in [0.29, 0.717) is 0 Å². The van der Waals surface area contributed by atoms with E-state index in [1.54, 1.807) is 6.92 Å². The number of sulfonamides is 1. The van der Waals surface area contributed by atoms with E-state index in [1.165, 1.54) is 0 Å². The van der Waals surface area contributed by atoms with E-state index in [1.807, 2.05) is 42.5 Å². The highest BCUT2D eigenvalue weighted by molar-refractivity contribution is 7.89. The highest BCUT2D eigenvalue weighted by atomic mass is 32.2. The van der Waals surface area contributed by atoms with Crippen LogP contribution in [0.25, 0.3) is 10.8 Å². The topological polar surface area (TPSA) is 46.2 Å². The normalized spacial score (nSPS) is 13.7. The van der Waals surface area contributed by atoms with E-state index in [9.17, 15) is 21.6 Å². The Kier molecular flexibility index (Phi) is 4.77. The minimum Gasteiger partial charge on any atom is -0.207 e. The van der Waals surface area contributed by atoms with Crippen LogP contribution in [0.15, 0.2) is 71.6 Å². The van der Waals surface area contributed by atoms with E-state index in [-0.39, 0.29) is 4.90 Å². The van der Waals surface area contributed by atoms with Crippen LogP contribution in [0, 0.1) is 0 Å². The molecule has 0 aliphatic carbocycles. The summed E-state index contributed by atoms with van der Waals surface area (Å²) in [6.45, 7) is 1.69. The molecule has 0 saturated carbocycles. The first kappa shape index (κ1) is 18.4. The van der Waals surface area contributed by atoms with Crippen molar-refractivity contribution >= 4 is 20.8 Å². The highest BCUT2D eigenvalue weighted by Crippen LogP contribution is 2.30. The lowest BCUT2D eigenvalue weighted by Gasteiger charge is -2.16. The molecule has 136 valence electrons. The second kappa shape index (κ2) is 6.74. The van der Waals surface area contributed by atoms with Gasteiger partial charge in [0, 0.05) is 6.04 Å². The molecule has 0 bridgehead atoms. The lowest BCUT2D eigenvalue weighted by atomic mass is 10.0. The van der Waals surface area contributed by atoms with Gasteiger partial charge >= 0.3 is 6.18 Å². The molecule has 0 heterocycles. The van der Waals surface area contributed by atoms with Crippen molar-refractivity contribution in [3.8, 4) is 0 Å². The fourth-order valence-corrected chi connectivity index (χ4v) is 3.90. The first-order chi connectivity index (χ1) is 12.2. The van der Waals surface area contributed by atoms with Crippen LogP contribution in [0.2, 0.25) is 0 Å². The van der Waals surface area contributed by atoms with Crippen molar-refractivity contribution in [3.05, 3.63) is 77.9 Å². The van der Waals surface area contributed by atoms with Crippen molar-refractivity contribution < 1.29 is 21.6 Å². The van der Waals surface area contributed by atoms with Crippen LogP contribution in [-0.2, 0) is 16.2 Å². The Balaban J connectivity index is 1.83. The van der Waals surface area contributed by atoms with Gasteiger partial charge in [-0.2, -0.15) is 13.2 Å². The predicted octanol–water partition coefficient (Wildman–Crippen LogP) is 4.90. The monoisotopic (exact) mass is 379 g/mol. The minimum atomic E-state index is -4.51. The molecule has 3 aromatic rings. The van der Waals surface area contributed by atoms with Crippen LogP contribution in [0.1, 0.15) is 24.1 Å². The van der Waals surface area contributed by atoms with E-state index in [4.69, 9.17) is 0 Å². The summed E-state index contributed by atoms with van der Waals surface area (Å²) in [4.78, 5) is -0.210. The molecule has 0 saturated heterocycles. The van der Waals surface area contributed by atoms with E-state index in [2.05, 4.69) is 4.72 Å². The molecule has 0 aliphatic heterocycles. The minimum absolute atomic E-state index is 0.210. The van der Waals surface area contributed by atoms with E-state index >= 15 is 0 Å². The zero-order chi connectivity index (χ0) is 18.9. The van der Waals surface area contributed by atoms with Gasteiger partial charge in [0.25, 0.3) is 0 Å². The molecule has 1 unspecified atom stereocenters. The Labute approximate surface area is 149 Å². The summed E-state index contributed by atoms with van der Waals surface area (Å²) in [6.07, 6.45) is -4.51. The van der Waals surface area contributed by atoms with Crippen molar-refractivity contribution in [2.24, 2.45) is 0 Å². The average molecular weight is 379 g/mol. The first-order valence-electron chi connectivity index (χ1n) is 7.85. The molecule has 7 heteroatoms. The maximum Gasteiger partial charge on any atom is 0.416 e. The third kappa shape index (κ3) is 3.89. The van der Waals surface area contributed by atoms with Gasteiger partial charge in [-0.15, -0.1) is 0 Å². The van der Waals surface area contributed by atoms with Crippen molar-refractivity contribution in [1.82, 2.24) is 4.72 Å². The van der Waals surface area contributed by atoms with Gasteiger partial charge in [0.2, 0.25) is 10.0 Å². The highest BCUT2D eigenvalue weighted by Gasteiger charge is 2.30. The second-order valence-electron chi connectivity index (χ2n) is 5.97. The number of fused-ring (bicyclic) bond motifs is 1. The third-order valence-electron chi connectivity index (χ3n) is 4.10. The van der Waals surface area contributed by atoms with Gasteiger partial charge in [-0.25, -0.2) is 13.1 Å². The zero-order valence-electron chi connectivity index (χ0n) is 13.8. The fraction of sp³-hybridized carbons (Fsp3) is 0.158. The van der Waals surface area contributed by atoms with Gasteiger partial charge in [-0.05, 0) is 53.6 Å². The molecule has 0 radical (unpaired) electrons. The Bertz CT molecular complexity index is 1030. The van der Waals surface area contributed by atoms with E-state index in [0.717, 1.165) is 40.6 Å². The maximum atomic E-state index is 12.6. The zero-order valence-corrected chi connectivity index (χ0v) is 14.6. The van der Waals surface area contributed by atoms with Crippen LogP contribution in [0.5, 0.6) is 0 Å². The molecule has 0 fully saturated rings. The quantitative estimate of drug-likeness (QED) is 0.701. The Morgan fingerprint density at radius 1 is 0.885 bits per heavy atom. The van der Waals surface area contributed by atoms with Crippen molar-refractivity contribution in [1.29, 1.82) is 0 Å². The first-order valence-corrected chi connectivity index (χ1v) is 9.33. The Morgan fingerprint density at radius 3 is 2.12 bits per heavy atom. The lowest BCUT2D eigenvalue weighted by Crippen LogP contribution is -2.27. The number of benzene rings is 3. The standard InChI is InChI=1S/C19H16F3NO2S/c1-13(15-7-6-14-4-2-3-5-16(14)12-15)23-26(24,25)18-10-8-17(9-11-18)19(20,21)22/h2-13,23H,1H3. The van der Waals surface area contributed by atoms with Crippen molar-refractivity contribution in [2.45, 2.75) is 24.0 Å². The number of hydrogen-bond donors (Lipinski definition) is 1. The summed E-state index contributed by atoms with van der Waals surface area (Å²) in [5, 5.41) is 2.01. The van der Waals surface area contributed by atoms with Gasteiger partial charge in [-0.3, -0.25) is 0 Å². The Hall–Kier alpha value is -2.38. The molecule has 0 spiro atoms. The molecule has 0 amide bonds. The summed E-state index contributed by atoms with van der Waals surface area (Å²) < 4.78 is 65.2. The Morgan fingerprint density at radius 2 is 1.50 bits per heavy atom. The number of hydrogen-bond acceptors (Lipinski definition) is 2. The molecule has 1 N–H and O–H groups in total. The van der Waals surface area contributed by atoms with Gasteiger partial charge in [-0.1, -0.05) is 36.4 Å². The largest absolute Gasteiger partial charge is 0.416 e. The van der Waals surface area contributed by atoms with Crippen LogP contribution in [0.4, 0.5) is 13.2 Å². The molecule has 0 aliphatic rings. The molecule has 3 aromatic carbocycles. The smallest absolute Gasteiger partial charge is 0.207 e. The van der Waals surface area contributed by atoms with Crippen molar-refractivity contribution in [3.63, 3.8) is 0 Å². The summed E-state index contributed by atoms with van der Waals surface area (Å²) in [5.74, 6) is 0. The fourth-order valence-electron chi connectivity index (χ4n) is 2.67. The molecule has 1 atom stereocenters.